The first-order chi connectivity index (χ1) is 6.36. The zero-order chi connectivity index (χ0) is 10.9. The predicted octanol–water partition coefficient (Wildman–Crippen LogP) is 2.21. The summed E-state index contributed by atoms with van der Waals surface area (Å²) < 4.78 is 0. The van der Waals surface area contributed by atoms with Crippen molar-refractivity contribution < 1.29 is 15.0 Å². The monoisotopic (exact) mass is 194 g/mol. The summed E-state index contributed by atoms with van der Waals surface area (Å²) in [6.07, 6.45) is 0.532. The van der Waals surface area contributed by atoms with E-state index in [2.05, 4.69) is 0 Å². The summed E-state index contributed by atoms with van der Waals surface area (Å²) in [5, 5.41) is 18.7. The fourth-order valence-electron chi connectivity index (χ4n) is 1.16. The van der Waals surface area contributed by atoms with E-state index >= 15 is 0 Å². The van der Waals surface area contributed by atoms with Crippen molar-refractivity contribution >= 4 is 6.29 Å². The van der Waals surface area contributed by atoms with Gasteiger partial charge in [-0.1, -0.05) is 20.8 Å². The van der Waals surface area contributed by atoms with E-state index in [4.69, 9.17) is 0 Å². The van der Waals surface area contributed by atoms with E-state index in [1.165, 1.54) is 6.07 Å². The highest BCUT2D eigenvalue weighted by Gasteiger charge is 2.17. The summed E-state index contributed by atoms with van der Waals surface area (Å²) in [6.45, 7) is 5.90. The molecule has 2 N–H and O–H groups in total. The van der Waals surface area contributed by atoms with E-state index < -0.39 is 0 Å². The minimum absolute atomic E-state index is 0.120. The average molecular weight is 194 g/mol. The third-order valence-corrected chi connectivity index (χ3v) is 2.11. The van der Waals surface area contributed by atoms with E-state index in [9.17, 15) is 15.0 Å². The largest absolute Gasteiger partial charge is 0.504 e. The highest BCUT2D eigenvalue weighted by Crippen LogP contribution is 2.34. The van der Waals surface area contributed by atoms with Crippen LogP contribution in [0, 0.1) is 0 Å². The number of hydrogen-bond donors (Lipinski definition) is 2. The molecule has 0 aliphatic carbocycles. The molecule has 1 aromatic carbocycles. The van der Waals surface area contributed by atoms with Crippen molar-refractivity contribution in [3.63, 3.8) is 0 Å². The van der Waals surface area contributed by atoms with E-state index in [0.717, 1.165) is 5.56 Å². The maximum Gasteiger partial charge on any atom is 0.168 e. The Balaban J connectivity index is 3.37. The fourth-order valence-corrected chi connectivity index (χ4v) is 1.16. The quantitative estimate of drug-likeness (QED) is 0.532. The van der Waals surface area contributed by atoms with Crippen molar-refractivity contribution in [1.82, 2.24) is 0 Å². The lowest BCUT2D eigenvalue weighted by molar-refractivity contribution is 0.112. The molecule has 0 bridgehead atoms. The second kappa shape index (κ2) is 3.33. The highest BCUT2D eigenvalue weighted by molar-refractivity contribution is 5.81. The van der Waals surface area contributed by atoms with Gasteiger partial charge >= 0.3 is 0 Å². The van der Waals surface area contributed by atoms with Crippen molar-refractivity contribution in [2.45, 2.75) is 26.2 Å². The molecule has 0 saturated heterocycles. The average Bonchev–Trinajstić information content (AvgIpc) is 2.07. The first kappa shape index (κ1) is 10.6. The molecule has 1 rings (SSSR count). The Hall–Kier alpha value is -1.51. The Morgan fingerprint density at radius 3 is 2.21 bits per heavy atom. The molecule has 0 aliphatic heterocycles. The van der Waals surface area contributed by atoms with E-state index in [1.54, 1.807) is 6.07 Å². The zero-order valence-corrected chi connectivity index (χ0v) is 8.53. The van der Waals surface area contributed by atoms with Gasteiger partial charge < -0.3 is 10.2 Å². The lowest BCUT2D eigenvalue weighted by Gasteiger charge is -2.20. The molecular formula is C11H14O3. The SMILES string of the molecule is CC(C)(C)c1cc(O)c(O)c(C=O)c1. The Kier molecular flexibility index (Phi) is 2.51. The van der Waals surface area contributed by atoms with Gasteiger partial charge in [0.2, 0.25) is 0 Å². The Labute approximate surface area is 83.0 Å². The molecule has 0 atom stereocenters. The molecule has 0 spiro atoms. The van der Waals surface area contributed by atoms with Gasteiger partial charge in [0.25, 0.3) is 0 Å². The molecule has 0 amide bonds. The molecular weight excluding hydrogens is 180 g/mol. The third-order valence-electron chi connectivity index (χ3n) is 2.11. The number of phenols is 2. The second-order valence-electron chi connectivity index (χ2n) is 4.30. The minimum Gasteiger partial charge on any atom is -0.504 e. The first-order valence-corrected chi connectivity index (χ1v) is 4.38. The van der Waals surface area contributed by atoms with Crippen LogP contribution in [0.25, 0.3) is 0 Å². The normalized spacial score (nSPS) is 11.4. The Bertz CT molecular complexity index is 362. The standard InChI is InChI=1S/C11H14O3/c1-11(2,3)8-4-7(6-12)10(14)9(13)5-8/h4-6,13-14H,1-3H3. The first-order valence-electron chi connectivity index (χ1n) is 4.38. The number of rotatable bonds is 1. The van der Waals surface area contributed by atoms with Crippen LogP contribution in [-0.4, -0.2) is 16.5 Å². The molecule has 0 radical (unpaired) electrons. The molecule has 0 heterocycles. The smallest absolute Gasteiger partial charge is 0.168 e. The van der Waals surface area contributed by atoms with Crippen LogP contribution in [0.15, 0.2) is 12.1 Å². The Morgan fingerprint density at radius 1 is 1.21 bits per heavy atom. The van der Waals surface area contributed by atoms with Crippen LogP contribution < -0.4 is 0 Å². The zero-order valence-electron chi connectivity index (χ0n) is 8.53. The summed E-state index contributed by atoms with van der Waals surface area (Å²) in [6, 6.07) is 3.06. The maximum absolute atomic E-state index is 10.6. The minimum atomic E-state index is -0.354. The van der Waals surface area contributed by atoms with Crippen LogP contribution in [0.5, 0.6) is 11.5 Å². The molecule has 0 unspecified atom stereocenters. The summed E-state index contributed by atoms with van der Waals surface area (Å²) in [4.78, 5) is 10.6. The van der Waals surface area contributed by atoms with Crippen LogP contribution in [0.4, 0.5) is 0 Å². The number of benzene rings is 1. The number of aromatic hydroxyl groups is 2. The molecule has 1 aromatic rings. The van der Waals surface area contributed by atoms with Crippen LogP contribution in [-0.2, 0) is 5.41 Å². The molecule has 0 saturated carbocycles. The van der Waals surface area contributed by atoms with Gasteiger partial charge in [-0.3, -0.25) is 4.79 Å². The summed E-state index contributed by atoms with van der Waals surface area (Å²) in [7, 11) is 0. The predicted molar refractivity (Wildman–Crippen MR) is 53.9 cm³/mol. The molecule has 76 valence electrons. The summed E-state index contributed by atoms with van der Waals surface area (Å²) >= 11 is 0. The van der Waals surface area contributed by atoms with Crippen molar-refractivity contribution in [3.05, 3.63) is 23.3 Å². The topological polar surface area (TPSA) is 57.5 Å². The van der Waals surface area contributed by atoms with Crippen molar-refractivity contribution in [2.75, 3.05) is 0 Å². The maximum atomic E-state index is 10.6. The van der Waals surface area contributed by atoms with E-state index in [1.807, 2.05) is 20.8 Å². The van der Waals surface area contributed by atoms with Gasteiger partial charge in [0, 0.05) is 0 Å². The van der Waals surface area contributed by atoms with Crippen LogP contribution in [0.3, 0.4) is 0 Å². The number of hydrogen-bond acceptors (Lipinski definition) is 3. The van der Waals surface area contributed by atoms with Crippen molar-refractivity contribution in [1.29, 1.82) is 0 Å². The fraction of sp³-hybridized carbons (Fsp3) is 0.364. The highest BCUT2D eigenvalue weighted by atomic mass is 16.3. The summed E-state index contributed by atoms with van der Waals surface area (Å²) in [5.74, 6) is -0.604. The molecule has 3 nitrogen and oxygen atoms in total. The number of phenolic OH excluding ortho intramolecular Hbond substituents is 2. The second-order valence-corrected chi connectivity index (χ2v) is 4.30. The van der Waals surface area contributed by atoms with Gasteiger partial charge in [-0.15, -0.1) is 0 Å². The molecule has 0 aromatic heterocycles. The van der Waals surface area contributed by atoms with Crippen molar-refractivity contribution in [2.24, 2.45) is 0 Å². The van der Waals surface area contributed by atoms with Gasteiger partial charge in [-0.05, 0) is 23.1 Å². The lowest BCUT2D eigenvalue weighted by Crippen LogP contribution is -2.11. The third kappa shape index (κ3) is 1.87. The van der Waals surface area contributed by atoms with E-state index in [0.29, 0.717) is 6.29 Å². The summed E-state index contributed by atoms with van der Waals surface area (Å²) in [5.41, 5.74) is 0.771. The van der Waals surface area contributed by atoms with Crippen LogP contribution in [0.1, 0.15) is 36.7 Å². The van der Waals surface area contributed by atoms with Gasteiger partial charge in [0.15, 0.2) is 17.8 Å². The van der Waals surface area contributed by atoms with Gasteiger partial charge in [0.1, 0.15) is 0 Å². The number of carbonyl (C=O) groups excluding carboxylic acids is 1. The van der Waals surface area contributed by atoms with Gasteiger partial charge in [0.05, 0.1) is 5.56 Å². The molecule has 14 heavy (non-hydrogen) atoms. The Morgan fingerprint density at radius 2 is 1.79 bits per heavy atom. The van der Waals surface area contributed by atoms with Crippen LogP contribution >= 0.6 is 0 Å². The van der Waals surface area contributed by atoms with Crippen molar-refractivity contribution in [3.8, 4) is 11.5 Å². The van der Waals surface area contributed by atoms with Gasteiger partial charge in [-0.25, -0.2) is 0 Å². The lowest BCUT2D eigenvalue weighted by atomic mass is 9.86. The van der Waals surface area contributed by atoms with Gasteiger partial charge in [-0.2, -0.15) is 0 Å². The number of aldehydes is 1. The van der Waals surface area contributed by atoms with E-state index in [-0.39, 0.29) is 22.5 Å². The molecule has 0 aliphatic rings. The molecule has 0 fully saturated rings. The van der Waals surface area contributed by atoms with Crippen LogP contribution in [0.2, 0.25) is 0 Å². The molecule has 3 heteroatoms. The number of carbonyl (C=O) groups is 1.